The van der Waals surface area contributed by atoms with Crippen molar-refractivity contribution in [3.05, 3.63) is 0 Å². The molecule has 0 spiro atoms. The Bertz CT molecular complexity index is 304. The summed E-state index contributed by atoms with van der Waals surface area (Å²) < 4.78 is 35.3. The molecule has 0 aromatic carbocycles. The average Bonchev–Trinajstić information content (AvgIpc) is 2.94. The maximum Gasteiger partial charge on any atom is 0.389 e. The van der Waals surface area contributed by atoms with Crippen LogP contribution in [0.15, 0.2) is 0 Å². The van der Waals surface area contributed by atoms with Gasteiger partial charge in [0.15, 0.2) is 0 Å². The fraction of sp³-hybridized carbons (Fsp3) is 0.800. The van der Waals surface area contributed by atoms with Gasteiger partial charge >= 0.3 is 12.1 Å². The van der Waals surface area contributed by atoms with E-state index in [1.54, 1.807) is 0 Å². The van der Waals surface area contributed by atoms with Gasteiger partial charge in [-0.05, 0) is 19.3 Å². The van der Waals surface area contributed by atoms with Crippen LogP contribution in [0.3, 0.4) is 0 Å². The van der Waals surface area contributed by atoms with Crippen molar-refractivity contribution in [2.75, 3.05) is 6.54 Å². The van der Waals surface area contributed by atoms with Crippen molar-refractivity contribution in [3.63, 3.8) is 0 Å². The summed E-state index contributed by atoms with van der Waals surface area (Å²) >= 11 is 0. The highest BCUT2D eigenvalue weighted by molar-refractivity contribution is 5.89. The van der Waals surface area contributed by atoms with Crippen LogP contribution in [0.4, 0.5) is 13.2 Å². The summed E-state index contributed by atoms with van der Waals surface area (Å²) in [4.78, 5) is 21.7. The van der Waals surface area contributed by atoms with Crippen molar-refractivity contribution in [1.82, 2.24) is 5.32 Å². The summed E-state index contributed by atoms with van der Waals surface area (Å²) in [5, 5.41) is 11.0. The van der Waals surface area contributed by atoms with Crippen LogP contribution in [-0.2, 0) is 9.59 Å². The number of alkyl halides is 3. The second-order valence-electron chi connectivity index (χ2n) is 4.15. The molecule has 98 valence electrons. The number of rotatable bonds is 6. The van der Waals surface area contributed by atoms with Crippen LogP contribution in [0.2, 0.25) is 0 Å². The van der Waals surface area contributed by atoms with Gasteiger partial charge in [0, 0.05) is 13.0 Å². The number of carboxylic acid groups (broad SMARTS) is 1. The Hall–Kier alpha value is -1.27. The molecule has 0 aromatic heterocycles. The number of halogens is 3. The fourth-order valence-electron chi connectivity index (χ4n) is 1.55. The minimum atomic E-state index is -4.16. The summed E-state index contributed by atoms with van der Waals surface area (Å²) in [6.07, 6.45) is -4.48. The van der Waals surface area contributed by atoms with E-state index in [4.69, 9.17) is 5.11 Å². The number of carboxylic acids is 1. The summed E-state index contributed by atoms with van der Waals surface area (Å²) in [6, 6.07) is 0. The van der Waals surface area contributed by atoms with Gasteiger partial charge < -0.3 is 10.4 Å². The quantitative estimate of drug-likeness (QED) is 0.706. The van der Waals surface area contributed by atoms with Gasteiger partial charge in [0.05, 0.1) is 11.8 Å². The minimum Gasteiger partial charge on any atom is -0.481 e. The molecule has 7 heteroatoms. The first kappa shape index (κ1) is 13.8. The Morgan fingerprint density at radius 1 is 1.24 bits per heavy atom. The van der Waals surface area contributed by atoms with Crippen molar-refractivity contribution in [3.8, 4) is 0 Å². The molecule has 4 nitrogen and oxygen atoms in total. The summed E-state index contributed by atoms with van der Waals surface area (Å²) in [5.74, 6) is -2.49. The predicted octanol–water partition coefficient (Wildman–Crippen LogP) is 1.56. The van der Waals surface area contributed by atoms with Crippen LogP contribution >= 0.6 is 0 Å². The van der Waals surface area contributed by atoms with E-state index in [2.05, 4.69) is 5.32 Å². The molecule has 0 bridgehead atoms. The lowest BCUT2D eigenvalue weighted by molar-refractivity contribution is -0.140. The van der Waals surface area contributed by atoms with Crippen LogP contribution in [0.1, 0.15) is 25.7 Å². The highest BCUT2D eigenvalue weighted by atomic mass is 19.4. The van der Waals surface area contributed by atoms with E-state index >= 15 is 0 Å². The molecular formula is C10H14F3NO3. The van der Waals surface area contributed by atoms with Crippen molar-refractivity contribution in [2.45, 2.75) is 31.9 Å². The molecule has 0 radical (unpaired) electrons. The van der Waals surface area contributed by atoms with Gasteiger partial charge in [0.2, 0.25) is 5.91 Å². The van der Waals surface area contributed by atoms with Gasteiger partial charge in [-0.25, -0.2) is 0 Å². The second-order valence-corrected chi connectivity index (χ2v) is 4.15. The molecular weight excluding hydrogens is 239 g/mol. The molecule has 0 aromatic rings. The lowest BCUT2D eigenvalue weighted by atomic mass is 10.2. The molecule has 1 rings (SSSR count). The summed E-state index contributed by atoms with van der Waals surface area (Å²) in [6.45, 7) is 0.164. The number of carbonyl (C=O) groups excluding carboxylic acids is 1. The fourth-order valence-corrected chi connectivity index (χ4v) is 1.55. The van der Waals surface area contributed by atoms with Gasteiger partial charge in [-0.1, -0.05) is 0 Å². The van der Waals surface area contributed by atoms with Crippen LogP contribution in [0, 0.1) is 11.8 Å². The van der Waals surface area contributed by atoms with E-state index in [0.29, 0.717) is 6.42 Å². The number of nitrogens with one attached hydrogen (secondary N) is 1. The predicted molar refractivity (Wildman–Crippen MR) is 52.1 cm³/mol. The molecule has 2 atom stereocenters. The van der Waals surface area contributed by atoms with E-state index < -0.39 is 30.4 Å². The zero-order chi connectivity index (χ0) is 13.1. The van der Waals surface area contributed by atoms with Crippen LogP contribution in [0.5, 0.6) is 0 Å². The third kappa shape index (κ3) is 5.06. The minimum absolute atomic E-state index is 0.0309. The van der Waals surface area contributed by atoms with Crippen molar-refractivity contribution >= 4 is 11.9 Å². The smallest absolute Gasteiger partial charge is 0.389 e. The Balaban J connectivity index is 2.04. The molecule has 2 N–H and O–H groups in total. The van der Waals surface area contributed by atoms with Crippen molar-refractivity contribution < 1.29 is 27.9 Å². The Morgan fingerprint density at radius 3 is 2.35 bits per heavy atom. The van der Waals surface area contributed by atoms with Crippen molar-refractivity contribution in [2.24, 2.45) is 11.8 Å². The number of unbranched alkanes of at least 4 members (excludes halogenated alkanes) is 1. The zero-order valence-corrected chi connectivity index (χ0v) is 9.09. The molecule has 1 saturated carbocycles. The van der Waals surface area contributed by atoms with Gasteiger partial charge in [-0.3, -0.25) is 9.59 Å². The zero-order valence-electron chi connectivity index (χ0n) is 9.09. The Labute approximate surface area is 96.2 Å². The highest BCUT2D eigenvalue weighted by Gasteiger charge is 2.48. The van der Waals surface area contributed by atoms with E-state index in [1.165, 1.54) is 0 Å². The SMILES string of the molecule is O=C(O)C1CC1C(=O)NCCCCC(F)(F)F. The number of hydrogen-bond donors (Lipinski definition) is 2. The maximum absolute atomic E-state index is 11.8. The topological polar surface area (TPSA) is 66.4 Å². The molecule has 1 aliphatic rings. The number of amides is 1. The molecule has 2 unspecified atom stereocenters. The van der Waals surface area contributed by atoms with Crippen LogP contribution in [-0.4, -0.2) is 29.7 Å². The second kappa shape index (κ2) is 5.37. The molecule has 1 fully saturated rings. The largest absolute Gasteiger partial charge is 0.481 e. The number of hydrogen-bond acceptors (Lipinski definition) is 2. The van der Waals surface area contributed by atoms with E-state index in [9.17, 15) is 22.8 Å². The monoisotopic (exact) mass is 253 g/mol. The number of carbonyl (C=O) groups is 2. The van der Waals surface area contributed by atoms with Gasteiger partial charge in [-0.15, -0.1) is 0 Å². The molecule has 0 heterocycles. The van der Waals surface area contributed by atoms with Gasteiger partial charge in [0.25, 0.3) is 0 Å². The maximum atomic E-state index is 11.8. The first-order valence-corrected chi connectivity index (χ1v) is 5.38. The van der Waals surface area contributed by atoms with E-state index in [1.807, 2.05) is 0 Å². The van der Waals surface area contributed by atoms with Crippen LogP contribution < -0.4 is 5.32 Å². The normalized spacial score (nSPS) is 23.2. The first-order chi connectivity index (χ1) is 7.81. The standard InChI is InChI=1S/C10H14F3NO3/c11-10(12,13)3-1-2-4-14-8(15)6-5-7(6)9(16)17/h6-7H,1-5H2,(H,14,15)(H,16,17). The third-order valence-electron chi connectivity index (χ3n) is 2.63. The lowest BCUT2D eigenvalue weighted by Crippen LogP contribution is -2.27. The highest BCUT2D eigenvalue weighted by Crippen LogP contribution is 2.38. The molecule has 17 heavy (non-hydrogen) atoms. The van der Waals surface area contributed by atoms with E-state index in [0.717, 1.165) is 0 Å². The summed E-state index contributed by atoms with van der Waals surface area (Å²) in [5.41, 5.74) is 0. The molecule has 0 aliphatic heterocycles. The third-order valence-corrected chi connectivity index (χ3v) is 2.63. The van der Waals surface area contributed by atoms with Crippen LogP contribution in [0.25, 0.3) is 0 Å². The molecule has 1 amide bonds. The Morgan fingerprint density at radius 2 is 1.88 bits per heavy atom. The first-order valence-electron chi connectivity index (χ1n) is 5.38. The average molecular weight is 253 g/mol. The summed E-state index contributed by atoms with van der Waals surface area (Å²) in [7, 11) is 0. The lowest BCUT2D eigenvalue weighted by Gasteiger charge is -2.06. The van der Waals surface area contributed by atoms with Gasteiger partial charge in [0.1, 0.15) is 0 Å². The Kier molecular flexibility index (Phi) is 4.36. The molecule has 0 saturated heterocycles. The molecule has 1 aliphatic carbocycles. The van der Waals surface area contributed by atoms with E-state index in [-0.39, 0.29) is 25.3 Å². The number of aliphatic carboxylic acids is 1. The van der Waals surface area contributed by atoms with Crippen molar-refractivity contribution in [1.29, 1.82) is 0 Å². The van der Waals surface area contributed by atoms with Gasteiger partial charge in [-0.2, -0.15) is 13.2 Å².